The zero-order chi connectivity index (χ0) is 16.6. The van der Waals surface area contributed by atoms with E-state index in [1.54, 1.807) is 6.08 Å². The number of aliphatic carboxylic acids is 1. The minimum absolute atomic E-state index is 0.327. The van der Waals surface area contributed by atoms with Crippen molar-refractivity contribution in [2.75, 3.05) is 0 Å². The van der Waals surface area contributed by atoms with E-state index in [0.29, 0.717) is 12.0 Å². The van der Waals surface area contributed by atoms with Crippen LogP contribution in [-0.2, 0) is 4.79 Å². The number of benzene rings is 1. The second kappa shape index (κ2) is 13.4. The summed E-state index contributed by atoms with van der Waals surface area (Å²) in [5.41, 5.74) is 1.47. The van der Waals surface area contributed by atoms with Crippen molar-refractivity contribution in [1.29, 1.82) is 5.26 Å². The highest BCUT2D eigenvalue weighted by Crippen LogP contribution is 2.06. The van der Waals surface area contributed by atoms with Crippen molar-refractivity contribution in [2.45, 2.75) is 32.6 Å². The van der Waals surface area contributed by atoms with E-state index in [0.717, 1.165) is 24.8 Å². The summed E-state index contributed by atoms with van der Waals surface area (Å²) >= 11 is 0. The van der Waals surface area contributed by atoms with Crippen LogP contribution in [0, 0.1) is 11.3 Å². The Labute approximate surface area is 132 Å². The quantitative estimate of drug-likeness (QED) is 0.334. The van der Waals surface area contributed by atoms with Gasteiger partial charge in [-0.15, -0.1) is 0 Å². The number of hydrogen-bond donors (Lipinski definition) is 1. The zero-order valence-corrected chi connectivity index (χ0v) is 13.0. The largest absolute Gasteiger partial charge is 0.478 e. The Bertz CT molecular complexity index is 536. The summed E-state index contributed by atoms with van der Waals surface area (Å²) in [6.45, 7) is 5.51. The van der Waals surface area contributed by atoms with Gasteiger partial charge >= 0.3 is 5.97 Å². The molecule has 3 heteroatoms. The Balaban J connectivity index is 0.000000409. The lowest BCUT2D eigenvalue weighted by atomic mass is 10.1. The van der Waals surface area contributed by atoms with Gasteiger partial charge in [-0.05, 0) is 18.4 Å². The van der Waals surface area contributed by atoms with Crippen LogP contribution >= 0.6 is 0 Å². The first kappa shape index (κ1) is 19.4. The van der Waals surface area contributed by atoms with Crippen molar-refractivity contribution in [3.63, 3.8) is 0 Å². The fraction of sp³-hybridized carbons (Fsp3) is 0.263. The summed E-state index contributed by atoms with van der Waals surface area (Å²) in [7, 11) is 0. The monoisotopic (exact) mass is 297 g/mol. The zero-order valence-electron chi connectivity index (χ0n) is 13.0. The van der Waals surface area contributed by atoms with Crippen LogP contribution in [0.4, 0.5) is 0 Å². The van der Waals surface area contributed by atoms with Crippen LogP contribution < -0.4 is 0 Å². The highest BCUT2D eigenvalue weighted by atomic mass is 16.4. The van der Waals surface area contributed by atoms with Crippen molar-refractivity contribution >= 4 is 12.0 Å². The Kier molecular flexibility index (Phi) is 11.8. The van der Waals surface area contributed by atoms with Crippen molar-refractivity contribution in [3.8, 4) is 6.07 Å². The molecule has 22 heavy (non-hydrogen) atoms. The van der Waals surface area contributed by atoms with E-state index in [1.807, 2.05) is 48.6 Å². The fourth-order valence-electron chi connectivity index (χ4n) is 1.52. The van der Waals surface area contributed by atoms with E-state index in [1.165, 1.54) is 6.08 Å². The summed E-state index contributed by atoms with van der Waals surface area (Å²) in [6, 6.07) is 11.9. The average Bonchev–Trinajstić information content (AvgIpc) is 2.53. The van der Waals surface area contributed by atoms with Crippen LogP contribution in [0.15, 0.2) is 60.7 Å². The Hall–Kier alpha value is -2.60. The first-order valence-corrected chi connectivity index (χ1v) is 7.30. The summed E-state index contributed by atoms with van der Waals surface area (Å²) in [5, 5.41) is 16.6. The second-order valence-corrected chi connectivity index (χ2v) is 4.62. The molecule has 1 rings (SSSR count). The number of nitrogens with zero attached hydrogens (tertiary/aromatic N) is 1. The summed E-state index contributed by atoms with van der Waals surface area (Å²) in [6.07, 6.45) is 10.7. The summed E-state index contributed by atoms with van der Waals surface area (Å²) in [4.78, 5) is 10.2. The molecule has 0 aromatic heterocycles. The maximum atomic E-state index is 10.2. The number of unbranched alkanes of at least 4 members (excludes halogenated alkanes) is 2. The lowest BCUT2D eigenvalue weighted by Crippen LogP contribution is -1.98. The third-order valence-corrected chi connectivity index (χ3v) is 2.75. The minimum atomic E-state index is -0.865. The van der Waals surface area contributed by atoms with Gasteiger partial charge < -0.3 is 5.11 Å². The molecule has 0 radical (unpaired) electrons. The van der Waals surface area contributed by atoms with E-state index in [4.69, 9.17) is 10.4 Å². The SMILES string of the molecule is C=C(CCCCC)C(=O)O.N#CC=CC=Cc1ccccc1. The number of nitriles is 1. The topological polar surface area (TPSA) is 61.1 Å². The van der Waals surface area contributed by atoms with E-state index >= 15 is 0 Å². The molecule has 0 saturated heterocycles. The van der Waals surface area contributed by atoms with Crippen LogP contribution in [0.2, 0.25) is 0 Å². The molecule has 1 aromatic carbocycles. The highest BCUT2D eigenvalue weighted by molar-refractivity contribution is 5.85. The van der Waals surface area contributed by atoms with Crippen LogP contribution in [0.25, 0.3) is 6.08 Å². The Morgan fingerprint density at radius 1 is 1.27 bits per heavy atom. The van der Waals surface area contributed by atoms with Gasteiger partial charge in [-0.3, -0.25) is 0 Å². The van der Waals surface area contributed by atoms with Crippen molar-refractivity contribution in [2.24, 2.45) is 0 Å². The van der Waals surface area contributed by atoms with Gasteiger partial charge in [-0.25, -0.2) is 4.79 Å². The van der Waals surface area contributed by atoms with Gasteiger partial charge in [0, 0.05) is 11.6 Å². The average molecular weight is 297 g/mol. The molecular formula is C19H23NO2. The summed E-state index contributed by atoms with van der Waals surface area (Å²) < 4.78 is 0. The molecule has 116 valence electrons. The van der Waals surface area contributed by atoms with Gasteiger partial charge in [0.1, 0.15) is 0 Å². The second-order valence-electron chi connectivity index (χ2n) is 4.62. The number of allylic oxidation sites excluding steroid dienone is 3. The van der Waals surface area contributed by atoms with E-state index < -0.39 is 5.97 Å². The number of carboxylic acids is 1. The van der Waals surface area contributed by atoms with Gasteiger partial charge in [-0.1, -0.05) is 74.9 Å². The standard InChI is InChI=1S/C11H9N.C8H14O2/c12-10-6-2-5-9-11-7-3-1-4-8-11;1-3-4-5-6-7(2)8(9)10/h1-9H;2-6H2,1H3,(H,9,10). The van der Waals surface area contributed by atoms with Crippen LogP contribution in [-0.4, -0.2) is 11.1 Å². The maximum Gasteiger partial charge on any atom is 0.330 e. The van der Waals surface area contributed by atoms with Crippen LogP contribution in [0.5, 0.6) is 0 Å². The molecule has 0 amide bonds. The smallest absolute Gasteiger partial charge is 0.330 e. The first-order valence-electron chi connectivity index (χ1n) is 7.30. The Morgan fingerprint density at radius 3 is 2.50 bits per heavy atom. The van der Waals surface area contributed by atoms with Gasteiger partial charge in [0.2, 0.25) is 0 Å². The third kappa shape index (κ3) is 11.2. The maximum absolute atomic E-state index is 10.2. The number of carboxylic acid groups (broad SMARTS) is 1. The molecule has 1 aromatic rings. The molecular weight excluding hydrogens is 274 g/mol. The van der Waals surface area contributed by atoms with Crippen molar-refractivity contribution in [3.05, 3.63) is 66.3 Å². The predicted octanol–water partition coefficient (Wildman–Crippen LogP) is 4.99. The number of rotatable bonds is 7. The third-order valence-electron chi connectivity index (χ3n) is 2.75. The lowest BCUT2D eigenvalue weighted by Gasteiger charge is -1.97. The van der Waals surface area contributed by atoms with Gasteiger partial charge in [0.15, 0.2) is 0 Å². The molecule has 0 unspecified atom stereocenters. The molecule has 0 aliphatic carbocycles. The highest BCUT2D eigenvalue weighted by Gasteiger charge is 2.01. The van der Waals surface area contributed by atoms with Gasteiger partial charge in [0.25, 0.3) is 0 Å². The normalized spacial score (nSPS) is 10.0. The minimum Gasteiger partial charge on any atom is -0.478 e. The lowest BCUT2D eigenvalue weighted by molar-refractivity contribution is -0.132. The van der Waals surface area contributed by atoms with Crippen LogP contribution in [0.3, 0.4) is 0 Å². The molecule has 0 bridgehead atoms. The Morgan fingerprint density at radius 2 is 1.95 bits per heavy atom. The molecule has 0 atom stereocenters. The predicted molar refractivity (Wildman–Crippen MR) is 91.1 cm³/mol. The number of carbonyl (C=O) groups is 1. The molecule has 0 aliphatic rings. The number of hydrogen-bond acceptors (Lipinski definition) is 2. The molecule has 0 spiro atoms. The van der Waals surface area contributed by atoms with E-state index in [2.05, 4.69) is 13.5 Å². The summed E-state index contributed by atoms with van der Waals surface area (Å²) in [5.74, 6) is -0.865. The van der Waals surface area contributed by atoms with Crippen molar-refractivity contribution < 1.29 is 9.90 Å². The van der Waals surface area contributed by atoms with Crippen LogP contribution in [0.1, 0.15) is 38.2 Å². The molecule has 0 saturated carbocycles. The van der Waals surface area contributed by atoms with E-state index in [9.17, 15) is 4.79 Å². The molecule has 3 nitrogen and oxygen atoms in total. The van der Waals surface area contributed by atoms with Crippen molar-refractivity contribution in [1.82, 2.24) is 0 Å². The molecule has 1 N–H and O–H groups in total. The molecule has 0 aliphatic heterocycles. The fourth-order valence-corrected chi connectivity index (χ4v) is 1.52. The molecule has 0 fully saturated rings. The van der Waals surface area contributed by atoms with E-state index in [-0.39, 0.29) is 0 Å². The molecule has 0 heterocycles. The van der Waals surface area contributed by atoms with Gasteiger partial charge in [-0.2, -0.15) is 5.26 Å². The first-order chi connectivity index (χ1) is 10.6. The van der Waals surface area contributed by atoms with Gasteiger partial charge in [0.05, 0.1) is 6.07 Å².